The van der Waals surface area contributed by atoms with Gasteiger partial charge in [-0.1, -0.05) is 125 Å². The molecule has 360 valence electrons. The Labute approximate surface area is 416 Å². The number of cyclic esters (lactones) is 1. The smallest absolute Gasteiger partial charge is 0.421 e. The molecular formula is C55H45N7O9S. The standard InChI is InChI=1S/C55H45N7O9S/c1-68-30-31-70-54(67)61-42-26-25-34(14-13-27-60-43-23-10-8-21-40(43)58-59-60)32-39(42)55(52(61)66)45(50(64)57-53-56-41-22-9-11-24-44(41)72-53)47-51(65)71-48(36-17-6-3-7-18-36)46(35-15-4-2-5-16-35)62(47)49(55)37-19-12-20-38(33-37)69-29-28-63/h2-12,15-26,32-33,45-49,63H,27-31H2,1H3,(H,56,57,64)/t45-,46-,47-,48+,49+,55-/m0/s1. The van der Waals surface area contributed by atoms with Crippen molar-refractivity contribution in [2.24, 2.45) is 5.92 Å². The molecule has 0 radical (unpaired) electrons. The molecule has 1 spiro atoms. The summed E-state index contributed by atoms with van der Waals surface area (Å²) in [5, 5.41) is 21.7. The molecule has 6 atom stereocenters. The number of carbonyl (C=O) groups is 4. The molecule has 3 aliphatic heterocycles. The molecule has 2 N–H and O–H groups in total. The van der Waals surface area contributed by atoms with Crippen LogP contribution in [0.25, 0.3) is 21.3 Å². The highest BCUT2D eigenvalue weighted by molar-refractivity contribution is 7.22. The molecule has 0 unspecified atom stereocenters. The lowest BCUT2D eigenvalue weighted by molar-refractivity contribution is -0.177. The summed E-state index contributed by atoms with van der Waals surface area (Å²) in [6.45, 7) is -0.295. The number of hydrogen-bond donors (Lipinski definition) is 2. The first-order valence-corrected chi connectivity index (χ1v) is 24.1. The summed E-state index contributed by atoms with van der Waals surface area (Å²) in [7, 11) is 1.46. The number of aromatic nitrogens is 4. The molecule has 3 amide bonds. The Morgan fingerprint density at radius 3 is 2.32 bits per heavy atom. The van der Waals surface area contributed by atoms with Crippen LogP contribution in [0.15, 0.2) is 152 Å². The number of esters is 1. The van der Waals surface area contributed by atoms with Gasteiger partial charge in [0.05, 0.1) is 52.6 Å². The molecule has 5 heterocycles. The van der Waals surface area contributed by atoms with Crippen LogP contribution in [0, 0.1) is 17.8 Å². The number of amides is 3. The minimum absolute atomic E-state index is 0.0386. The van der Waals surface area contributed by atoms with Gasteiger partial charge in [0.15, 0.2) is 5.13 Å². The van der Waals surface area contributed by atoms with Gasteiger partial charge in [-0.15, -0.1) is 5.10 Å². The zero-order valence-corrected chi connectivity index (χ0v) is 39.5. The monoisotopic (exact) mass is 979 g/mol. The predicted octanol–water partition coefficient (Wildman–Crippen LogP) is 7.55. The third-order valence-corrected chi connectivity index (χ3v) is 14.3. The van der Waals surface area contributed by atoms with Crippen LogP contribution >= 0.6 is 11.3 Å². The second kappa shape index (κ2) is 19.5. The first-order valence-electron chi connectivity index (χ1n) is 23.3. The third-order valence-electron chi connectivity index (χ3n) is 13.4. The lowest BCUT2D eigenvalue weighted by Gasteiger charge is -2.46. The quantitative estimate of drug-likeness (QED) is 0.0695. The number of morpholine rings is 1. The number of fused-ring (bicyclic) bond motifs is 5. The van der Waals surface area contributed by atoms with Gasteiger partial charge in [0.25, 0.3) is 0 Å². The summed E-state index contributed by atoms with van der Waals surface area (Å²) in [5.74, 6) is 2.89. The van der Waals surface area contributed by atoms with Crippen molar-refractivity contribution in [1.82, 2.24) is 24.9 Å². The predicted molar refractivity (Wildman–Crippen MR) is 267 cm³/mol. The van der Waals surface area contributed by atoms with E-state index in [0.717, 1.165) is 20.7 Å². The molecule has 2 fully saturated rings. The first kappa shape index (κ1) is 46.1. The van der Waals surface area contributed by atoms with Crippen LogP contribution in [-0.2, 0) is 40.6 Å². The number of aliphatic hydroxyl groups is 1. The van der Waals surface area contributed by atoms with E-state index in [1.165, 1.54) is 18.4 Å². The number of carbonyl (C=O) groups excluding carboxylic acids is 4. The van der Waals surface area contributed by atoms with Gasteiger partial charge < -0.3 is 29.4 Å². The summed E-state index contributed by atoms with van der Waals surface area (Å²) in [6.07, 6.45) is -1.96. The SMILES string of the molecule is COCCOC(=O)N1C(=O)[C@@]2(c3cc(C#CCn4nnc5ccccc54)ccc31)[C@H](C(=O)Nc1nc3ccccc3s1)[C@H]1C(=O)O[C@H](c3ccccc3)[C@H](c3ccccc3)N1[C@@H]2c1cccc(OCCO)c1. The molecule has 6 aromatic carbocycles. The average Bonchev–Trinajstić information content (AvgIpc) is 4.16. The van der Waals surface area contributed by atoms with Gasteiger partial charge in [-0.05, 0) is 76.9 Å². The van der Waals surface area contributed by atoms with Crippen molar-refractivity contribution in [3.8, 4) is 17.6 Å². The van der Waals surface area contributed by atoms with Gasteiger partial charge in [-0.3, -0.25) is 19.3 Å². The molecule has 72 heavy (non-hydrogen) atoms. The number of aliphatic hydroxyl groups excluding tert-OH is 1. The summed E-state index contributed by atoms with van der Waals surface area (Å²) in [6, 6.07) is 42.3. The van der Waals surface area contributed by atoms with Crippen molar-refractivity contribution in [3.05, 3.63) is 179 Å². The van der Waals surface area contributed by atoms with Gasteiger partial charge in [0.2, 0.25) is 11.8 Å². The number of nitrogens with one attached hydrogen (secondary N) is 1. The molecule has 0 saturated carbocycles. The summed E-state index contributed by atoms with van der Waals surface area (Å²) < 4.78 is 26.1. The Balaban J connectivity index is 1.18. The lowest BCUT2D eigenvalue weighted by Crippen LogP contribution is -2.54. The Morgan fingerprint density at radius 1 is 0.806 bits per heavy atom. The zero-order valence-electron chi connectivity index (χ0n) is 38.7. The highest BCUT2D eigenvalue weighted by Crippen LogP contribution is 2.66. The fourth-order valence-electron chi connectivity index (χ4n) is 10.5. The van der Waals surface area contributed by atoms with Gasteiger partial charge in [-0.2, -0.15) is 0 Å². The molecule has 11 rings (SSSR count). The maximum atomic E-state index is 16.6. The second-order valence-corrected chi connectivity index (χ2v) is 18.4. The largest absolute Gasteiger partial charge is 0.491 e. The first-order chi connectivity index (χ1) is 35.3. The molecule has 2 aromatic heterocycles. The van der Waals surface area contributed by atoms with E-state index >= 15 is 14.4 Å². The molecule has 16 nitrogen and oxygen atoms in total. The van der Waals surface area contributed by atoms with Crippen molar-refractivity contribution in [2.75, 3.05) is 43.8 Å². The minimum atomic E-state index is -2.12. The zero-order chi connectivity index (χ0) is 49.3. The third kappa shape index (κ3) is 8.00. The average molecular weight is 980 g/mol. The number of para-hydroxylation sites is 2. The van der Waals surface area contributed by atoms with Crippen LogP contribution in [0.4, 0.5) is 15.6 Å². The van der Waals surface area contributed by atoms with E-state index in [0.29, 0.717) is 33.5 Å². The van der Waals surface area contributed by atoms with Crippen molar-refractivity contribution in [2.45, 2.75) is 36.2 Å². The summed E-state index contributed by atoms with van der Waals surface area (Å²) in [4.78, 5) is 70.3. The number of rotatable bonds is 12. The van der Waals surface area contributed by atoms with E-state index in [1.807, 2.05) is 114 Å². The summed E-state index contributed by atoms with van der Waals surface area (Å²) >= 11 is 1.24. The number of imide groups is 1. The number of anilines is 2. The second-order valence-electron chi connectivity index (χ2n) is 17.4. The molecule has 17 heteroatoms. The van der Waals surface area contributed by atoms with E-state index in [-0.39, 0.29) is 49.4 Å². The van der Waals surface area contributed by atoms with Gasteiger partial charge >= 0.3 is 12.1 Å². The van der Waals surface area contributed by atoms with Crippen LogP contribution in [0.5, 0.6) is 5.75 Å². The number of nitrogens with zero attached hydrogens (tertiary/aromatic N) is 6. The van der Waals surface area contributed by atoms with Gasteiger partial charge in [-0.25, -0.2) is 19.4 Å². The van der Waals surface area contributed by atoms with Crippen molar-refractivity contribution in [3.63, 3.8) is 0 Å². The molecule has 2 saturated heterocycles. The van der Waals surface area contributed by atoms with E-state index in [9.17, 15) is 9.90 Å². The van der Waals surface area contributed by atoms with Crippen LogP contribution in [-0.4, -0.2) is 93.4 Å². The number of thiazole rings is 1. The topological polar surface area (TPSA) is 188 Å². The van der Waals surface area contributed by atoms with Gasteiger partial charge in [0, 0.05) is 12.7 Å². The van der Waals surface area contributed by atoms with E-state index < -0.39 is 59.4 Å². The van der Waals surface area contributed by atoms with E-state index in [2.05, 4.69) is 27.5 Å². The highest BCUT2D eigenvalue weighted by atomic mass is 32.1. The Bertz CT molecular complexity index is 3400. The molecule has 8 aromatic rings. The molecule has 3 aliphatic rings. The van der Waals surface area contributed by atoms with Crippen LogP contribution in [0.1, 0.15) is 46.0 Å². The minimum Gasteiger partial charge on any atom is -0.491 e. The molecular weight excluding hydrogens is 935 g/mol. The molecule has 0 bridgehead atoms. The van der Waals surface area contributed by atoms with Crippen molar-refractivity contribution >= 4 is 67.3 Å². The normalized spacial score (nSPS) is 21.2. The van der Waals surface area contributed by atoms with Crippen molar-refractivity contribution in [1.29, 1.82) is 0 Å². The number of hydrogen-bond acceptors (Lipinski definition) is 14. The van der Waals surface area contributed by atoms with Crippen LogP contribution in [0.2, 0.25) is 0 Å². The Kier molecular flexibility index (Phi) is 12.5. The van der Waals surface area contributed by atoms with E-state index in [4.69, 9.17) is 23.9 Å². The summed E-state index contributed by atoms with van der Waals surface area (Å²) in [5.41, 5.74) is 2.71. The van der Waals surface area contributed by atoms with E-state index in [1.54, 1.807) is 47.1 Å². The maximum Gasteiger partial charge on any atom is 0.421 e. The lowest BCUT2D eigenvalue weighted by atomic mass is 9.65. The number of ether oxygens (including phenoxy) is 4. The Morgan fingerprint density at radius 2 is 1.54 bits per heavy atom. The molecule has 0 aliphatic carbocycles. The fourth-order valence-corrected chi connectivity index (χ4v) is 11.4. The number of benzene rings is 6. The van der Waals surface area contributed by atoms with Gasteiger partial charge in [0.1, 0.15) is 48.6 Å². The number of methoxy groups -OCH3 is 1. The Hall–Kier alpha value is -8.27. The van der Waals surface area contributed by atoms with Crippen LogP contribution < -0.4 is 15.0 Å². The highest BCUT2D eigenvalue weighted by Gasteiger charge is 2.76. The fraction of sp³-hybridized carbons (Fsp3) is 0.218. The van der Waals surface area contributed by atoms with Crippen LogP contribution in [0.3, 0.4) is 0 Å². The van der Waals surface area contributed by atoms with Crippen molar-refractivity contribution < 1.29 is 43.2 Å². The maximum absolute atomic E-state index is 16.6.